The van der Waals surface area contributed by atoms with Crippen molar-refractivity contribution in [1.82, 2.24) is 9.36 Å². The van der Waals surface area contributed by atoms with E-state index in [0.29, 0.717) is 16.3 Å². The van der Waals surface area contributed by atoms with E-state index in [1.165, 1.54) is 20.9 Å². The maximum absolute atomic E-state index is 13.1. The summed E-state index contributed by atoms with van der Waals surface area (Å²) in [5.41, 5.74) is 1.23. The van der Waals surface area contributed by atoms with Gasteiger partial charge in [-0.1, -0.05) is 24.3 Å². The highest BCUT2D eigenvalue weighted by atomic mass is 32.2. The molecule has 2 aromatic heterocycles. The van der Waals surface area contributed by atoms with E-state index in [0.717, 1.165) is 16.6 Å². The van der Waals surface area contributed by atoms with Crippen LogP contribution in [-0.4, -0.2) is 20.4 Å². The third kappa shape index (κ3) is 2.87. The molecule has 0 radical (unpaired) electrons. The Morgan fingerprint density at radius 3 is 2.48 bits per heavy atom. The Kier molecular flexibility index (Phi) is 4.37. The lowest BCUT2D eigenvalue weighted by Crippen LogP contribution is -2.33. The first kappa shape index (κ1) is 17.6. The third-order valence-electron chi connectivity index (χ3n) is 4.39. The van der Waals surface area contributed by atoms with Crippen LogP contribution in [0.1, 0.15) is 10.6 Å². The number of nitrogens with zero attached hydrogens (tertiary/aromatic N) is 3. The Morgan fingerprint density at radius 1 is 1.07 bits per heavy atom. The van der Waals surface area contributed by atoms with Gasteiger partial charge in [-0.15, -0.1) is 11.3 Å². The highest BCUT2D eigenvalue weighted by Crippen LogP contribution is 2.36. The predicted molar refractivity (Wildman–Crippen MR) is 111 cm³/mol. The first-order valence-electron chi connectivity index (χ1n) is 8.19. The van der Waals surface area contributed by atoms with Crippen LogP contribution in [0.25, 0.3) is 11.8 Å². The molecule has 1 saturated heterocycles. The molecule has 3 aromatic rings. The van der Waals surface area contributed by atoms with Gasteiger partial charge in [0.1, 0.15) is 5.69 Å². The summed E-state index contributed by atoms with van der Waals surface area (Å²) < 4.78 is 3.22. The highest BCUT2D eigenvalue weighted by molar-refractivity contribution is 8.19. The summed E-state index contributed by atoms with van der Waals surface area (Å²) >= 11 is 2.59. The molecule has 1 amide bonds. The van der Waals surface area contributed by atoms with Crippen LogP contribution in [0.4, 0.5) is 5.69 Å². The zero-order chi connectivity index (χ0) is 19.1. The van der Waals surface area contributed by atoms with Gasteiger partial charge in [0.2, 0.25) is 0 Å². The number of para-hydroxylation sites is 1. The Hall–Kier alpha value is -2.84. The fourth-order valence-corrected chi connectivity index (χ4v) is 4.57. The van der Waals surface area contributed by atoms with Crippen LogP contribution >= 0.6 is 23.1 Å². The van der Waals surface area contributed by atoms with Gasteiger partial charge in [0, 0.05) is 11.9 Å². The molecule has 1 aromatic carbocycles. The first-order valence-corrected chi connectivity index (χ1v) is 9.88. The van der Waals surface area contributed by atoms with Gasteiger partial charge in [-0.05, 0) is 48.3 Å². The zero-order valence-electron chi connectivity index (χ0n) is 14.7. The molecule has 1 N–H and O–H groups in total. The molecule has 0 unspecified atom stereocenters. The minimum atomic E-state index is -0.343. The fourth-order valence-electron chi connectivity index (χ4n) is 3.00. The van der Waals surface area contributed by atoms with Crippen LogP contribution in [0.15, 0.2) is 57.5 Å². The van der Waals surface area contributed by atoms with E-state index in [9.17, 15) is 9.59 Å². The molecule has 0 spiro atoms. The minimum absolute atomic E-state index is 0.0359. The summed E-state index contributed by atoms with van der Waals surface area (Å²) in [4.78, 5) is 28.7. The van der Waals surface area contributed by atoms with E-state index in [4.69, 9.17) is 5.41 Å². The van der Waals surface area contributed by atoms with Crippen LogP contribution in [0.5, 0.6) is 0 Å². The van der Waals surface area contributed by atoms with Crippen molar-refractivity contribution >= 4 is 45.9 Å². The molecule has 1 aliphatic heterocycles. The number of benzene rings is 1. The molecule has 1 fully saturated rings. The van der Waals surface area contributed by atoms with Crippen molar-refractivity contribution in [3.05, 3.63) is 73.7 Å². The van der Waals surface area contributed by atoms with E-state index < -0.39 is 0 Å². The van der Waals surface area contributed by atoms with Crippen LogP contribution in [0, 0.1) is 12.3 Å². The first-order chi connectivity index (χ1) is 13.0. The molecular weight excluding hydrogens is 380 g/mol. The van der Waals surface area contributed by atoms with Gasteiger partial charge in [0.05, 0.1) is 16.3 Å². The van der Waals surface area contributed by atoms with E-state index in [-0.39, 0.29) is 22.3 Å². The second-order valence-corrected chi connectivity index (χ2v) is 7.99. The summed E-state index contributed by atoms with van der Waals surface area (Å²) in [6, 6.07) is 13.1. The van der Waals surface area contributed by atoms with Gasteiger partial charge < -0.3 is 0 Å². The van der Waals surface area contributed by atoms with Crippen LogP contribution in [0.2, 0.25) is 0 Å². The molecule has 0 bridgehead atoms. The molecular formula is C19H16N4O2S2. The van der Waals surface area contributed by atoms with Crippen molar-refractivity contribution in [2.45, 2.75) is 6.92 Å². The van der Waals surface area contributed by atoms with Crippen molar-refractivity contribution < 1.29 is 4.79 Å². The van der Waals surface area contributed by atoms with Gasteiger partial charge in [-0.25, -0.2) is 9.58 Å². The topological polar surface area (TPSA) is 71.1 Å². The quantitative estimate of drug-likeness (QED) is 0.688. The average molecular weight is 396 g/mol. The van der Waals surface area contributed by atoms with E-state index in [1.54, 1.807) is 24.7 Å². The number of hydrogen-bond donors (Lipinski definition) is 1. The second-order valence-electron chi connectivity index (χ2n) is 5.98. The second kappa shape index (κ2) is 6.71. The smallest absolute Gasteiger partial charge is 0.283 e. The van der Waals surface area contributed by atoms with E-state index in [2.05, 4.69) is 0 Å². The van der Waals surface area contributed by atoms with Crippen molar-refractivity contribution in [1.29, 1.82) is 5.41 Å². The van der Waals surface area contributed by atoms with Gasteiger partial charge in [0.15, 0.2) is 5.17 Å². The van der Waals surface area contributed by atoms with Gasteiger partial charge in [0.25, 0.3) is 11.5 Å². The molecule has 0 atom stereocenters. The normalized spacial score (nSPS) is 15.9. The van der Waals surface area contributed by atoms with E-state index in [1.807, 2.05) is 47.8 Å². The Bertz CT molecular complexity index is 1120. The number of thiophene rings is 1. The molecule has 3 heterocycles. The lowest BCUT2D eigenvalue weighted by Gasteiger charge is -2.12. The van der Waals surface area contributed by atoms with Gasteiger partial charge in [-0.3, -0.25) is 19.7 Å². The summed E-state index contributed by atoms with van der Waals surface area (Å²) in [7, 11) is 1.77. The average Bonchev–Trinajstić information content (AvgIpc) is 3.31. The number of thioether (sulfide) groups is 1. The van der Waals surface area contributed by atoms with Crippen molar-refractivity contribution in [2.24, 2.45) is 7.05 Å². The number of hydrogen-bond acceptors (Lipinski definition) is 5. The largest absolute Gasteiger partial charge is 0.296 e. The van der Waals surface area contributed by atoms with E-state index >= 15 is 0 Å². The number of rotatable bonds is 3. The lowest BCUT2D eigenvalue weighted by molar-refractivity contribution is -0.113. The van der Waals surface area contributed by atoms with Crippen molar-refractivity contribution in [3.8, 4) is 5.69 Å². The summed E-state index contributed by atoms with van der Waals surface area (Å²) in [6.45, 7) is 1.78. The highest BCUT2D eigenvalue weighted by Gasteiger charge is 2.37. The monoisotopic (exact) mass is 396 g/mol. The Morgan fingerprint density at radius 2 is 1.81 bits per heavy atom. The molecule has 4 rings (SSSR count). The number of carbonyl (C=O) groups is 1. The molecule has 136 valence electrons. The summed E-state index contributed by atoms with van der Waals surface area (Å²) in [5, 5.41) is 10.2. The SMILES string of the molecule is Cc1c(N2C(=N)SC(=Cc3cccs3)C2=O)c(=O)n(-c2ccccc2)n1C. The molecule has 27 heavy (non-hydrogen) atoms. The Balaban J connectivity index is 1.82. The molecule has 8 heteroatoms. The lowest BCUT2D eigenvalue weighted by atomic mass is 10.3. The third-order valence-corrected chi connectivity index (χ3v) is 6.10. The molecule has 1 aliphatic rings. The van der Waals surface area contributed by atoms with Crippen molar-refractivity contribution in [2.75, 3.05) is 4.90 Å². The Labute approximate surface area is 163 Å². The number of amides is 1. The minimum Gasteiger partial charge on any atom is -0.283 e. The summed E-state index contributed by atoms with van der Waals surface area (Å²) in [5.74, 6) is -0.343. The zero-order valence-corrected chi connectivity index (χ0v) is 16.3. The van der Waals surface area contributed by atoms with Crippen LogP contribution in [-0.2, 0) is 11.8 Å². The number of amidine groups is 1. The molecule has 0 saturated carbocycles. The van der Waals surface area contributed by atoms with Crippen molar-refractivity contribution in [3.63, 3.8) is 0 Å². The number of carbonyl (C=O) groups excluding carboxylic acids is 1. The van der Waals surface area contributed by atoms with Gasteiger partial charge in [-0.2, -0.15) is 0 Å². The fraction of sp³-hybridized carbons (Fsp3) is 0.105. The molecule has 0 aliphatic carbocycles. The van der Waals surface area contributed by atoms with Crippen LogP contribution in [0.3, 0.4) is 0 Å². The number of aromatic nitrogens is 2. The number of nitrogens with one attached hydrogen (secondary N) is 1. The van der Waals surface area contributed by atoms with Crippen LogP contribution < -0.4 is 10.5 Å². The maximum Gasteiger partial charge on any atom is 0.296 e. The van der Waals surface area contributed by atoms with Gasteiger partial charge >= 0.3 is 0 Å². The standard InChI is InChI=1S/C19H16N4O2S2/c1-12-16(18(25)23(21(12)2)13-7-4-3-5-8-13)22-17(24)15(27-19(22)20)11-14-9-6-10-26-14/h3-11,20H,1-2H3. The summed E-state index contributed by atoms with van der Waals surface area (Å²) in [6.07, 6.45) is 1.76. The predicted octanol–water partition coefficient (Wildman–Crippen LogP) is 3.60. The maximum atomic E-state index is 13.1. The molecule has 6 nitrogen and oxygen atoms in total. The number of anilines is 1.